The van der Waals surface area contributed by atoms with Gasteiger partial charge >= 0.3 is 6.18 Å². The number of aliphatic hydroxyl groups is 1. The van der Waals surface area contributed by atoms with E-state index in [9.17, 15) is 22.8 Å². The first-order valence-corrected chi connectivity index (χ1v) is 11.7. The summed E-state index contributed by atoms with van der Waals surface area (Å²) in [6.07, 6.45) is -4.63. The van der Waals surface area contributed by atoms with Crippen molar-refractivity contribution in [3.05, 3.63) is 69.3 Å². The molecule has 4 rings (SSSR count). The molecule has 0 spiro atoms. The summed E-state index contributed by atoms with van der Waals surface area (Å²) in [6.45, 7) is 6.26. The largest absolute Gasteiger partial charge is 0.416 e. The van der Waals surface area contributed by atoms with Crippen LogP contribution in [0.2, 0.25) is 0 Å². The zero-order chi connectivity index (χ0) is 26.0. The van der Waals surface area contributed by atoms with E-state index in [1.165, 1.54) is 13.0 Å². The van der Waals surface area contributed by atoms with Crippen molar-refractivity contribution in [2.24, 2.45) is 0 Å². The third-order valence-electron chi connectivity index (χ3n) is 6.36. The van der Waals surface area contributed by atoms with Crippen molar-refractivity contribution in [2.75, 3.05) is 44.6 Å². The number of aliphatic hydroxyl groups excluding tert-OH is 1. The second-order valence-electron chi connectivity index (χ2n) is 8.91. The Morgan fingerprint density at radius 1 is 1.17 bits per heavy atom. The van der Waals surface area contributed by atoms with Gasteiger partial charge in [0.1, 0.15) is 5.82 Å². The summed E-state index contributed by atoms with van der Waals surface area (Å²) in [5, 5.41) is 12.2. The van der Waals surface area contributed by atoms with E-state index in [-0.39, 0.29) is 34.8 Å². The number of fused-ring (bicyclic) bond motifs is 1. The molecule has 11 heteroatoms. The van der Waals surface area contributed by atoms with Crippen molar-refractivity contribution in [1.82, 2.24) is 19.8 Å². The predicted octanol–water partition coefficient (Wildman–Crippen LogP) is 3.17. The van der Waals surface area contributed by atoms with Gasteiger partial charge in [0.05, 0.1) is 23.1 Å². The van der Waals surface area contributed by atoms with E-state index in [0.717, 1.165) is 6.07 Å². The number of alkyl halides is 3. The molecule has 1 aromatic heterocycles. The number of benzene rings is 2. The number of hydrogen-bond donors (Lipinski definition) is 3. The Morgan fingerprint density at radius 3 is 2.44 bits per heavy atom. The fourth-order valence-corrected chi connectivity index (χ4v) is 4.46. The van der Waals surface area contributed by atoms with Crippen molar-refractivity contribution in [3.63, 3.8) is 0 Å². The number of rotatable bonds is 6. The number of H-pyrrole nitrogens is 1. The van der Waals surface area contributed by atoms with E-state index in [1.54, 1.807) is 36.1 Å². The summed E-state index contributed by atoms with van der Waals surface area (Å²) in [5.41, 5.74) is -0.430. The van der Waals surface area contributed by atoms with Gasteiger partial charge in [-0.25, -0.2) is 4.98 Å². The van der Waals surface area contributed by atoms with Gasteiger partial charge in [0.25, 0.3) is 11.5 Å². The molecule has 1 unspecified atom stereocenters. The van der Waals surface area contributed by atoms with Crippen LogP contribution >= 0.6 is 0 Å². The van der Waals surface area contributed by atoms with Crippen LogP contribution < -0.4 is 10.9 Å². The Kier molecular flexibility index (Phi) is 7.32. The summed E-state index contributed by atoms with van der Waals surface area (Å²) >= 11 is 0. The fraction of sp³-hybridized carbons (Fsp3) is 0.400. The van der Waals surface area contributed by atoms with Gasteiger partial charge in [-0.2, -0.15) is 13.2 Å². The number of nitrogens with zero attached hydrogens (tertiary/aromatic N) is 3. The lowest BCUT2D eigenvalue weighted by Gasteiger charge is -2.34. The normalized spacial score (nSPS) is 15.8. The number of piperazine rings is 1. The summed E-state index contributed by atoms with van der Waals surface area (Å²) in [4.78, 5) is 35.6. The molecule has 1 aliphatic rings. The molecule has 1 atom stereocenters. The second kappa shape index (κ2) is 10.3. The fourth-order valence-electron chi connectivity index (χ4n) is 4.46. The number of β-amino-alcohol motifs (C(OH)–C–C–N with tert-alkyl or cyclic N) is 1. The maximum atomic E-state index is 13.9. The molecule has 1 saturated heterocycles. The topological polar surface area (TPSA) is 102 Å². The van der Waals surface area contributed by atoms with E-state index < -0.39 is 23.3 Å². The molecule has 0 radical (unpaired) electrons. The number of carbonyl (C=O) groups excluding carboxylic acids is 1. The van der Waals surface area contributed by atoms with Crippen LogP contribution in [0.1, 0.15) is 40.3 Å². The Labute approximate surface area is 205 Å². The Balaban J connectivity index is 1.52. The minimum Gasteiger partial charge on any atom is -0.395 e. The lowest BCUT2D eigenvalue weighted by molar-refractivity contribution is -0.138. The number of carbonyl (C=O) groups is 1. The Bertz CT molecular complexity index is 1300. The predicted molar refractivity (Wildman–Crippen MR) is 130 cm³/mol. The molecule has 0 saturated carbocycles. The van der Waals surface area contributed by atoms with Crippen molar-refractivity contribution >= 4 is 22.5 Å². The molecular formula is C25H28F3N5O3. The van der Waals surface area contributed by atoms with Crippen LogP contribution in [0.4, 0.5) is 18.9 Å². The molecule has 8 nitrogen and oxygen atoms in total. The zero-order valence-electron chi connectivity index (χ0n) is 20.0. The van der Waals surface area contributed by atoms with Gasteiger partial charge in [0.15, 0.2) is 0 Å². The number of halogens is 3. The highest BCUT2D eigenvalue weighted by molar-refractivity contribution is 5.94. The lowest BCUT2D eigenvalue weighted by Crippen LogP contribution is -2.49. The monoisotopic (exact) mass is 503 g/mol. The minimum absolute atomic E-state index is 0.0143. The third kappa shape index (κ3) is 5.52. The van der Waals surface area contributed by atoms with Crippen molar-refractivity contribution in [3.8, 4) is 0 Å². The molecule has 0 bridgehead atoms. The average molecular weight is 504 g/mol. The smallest absolute Gasteiger partial charge is 0.395 e. The first kappa shape index (κ1) is 25.6. The highest BCUT2D eigenvalue weighted by Gasteiger charge is 2.35. The standard InChI is InChI=1S/C25H28F3N5O3/c1-15(19-13-20-22(14-21(19)25(26,27)28)30-16(2)31-23(20)35)29-18-5-3-17(4-6-18)24(36)33-9-7-32(8-10-33)11-12-34/h3-6,13-15,29,34H,7-12H2,1-2H3,(H,30,31,35). The van der Waals surface area contributed by atoms with E-state index >= 15 is 0 Å². The number of nitrogens with one attached hydrogen (secondary N) is 2. The van der Waals surface area contributed by atoms with Crippen LogP contribution in [-0.4, -0.2) is 70.1 Å². The van der Waals surface area contributed by atoms with Gasteiger partial charge in [-0.3, -0.25) is 14.5 Å². The molecule has 1 amide bonds. The SMILES string of the molecule is Cc1nc2cc(C(F)(F)F)c(C(C)Nc3ccc(C(=O)N4CCN(CCO)CC4)cc3)cc2c(=O)[nH]1. The highest BCUT2D eigenvalue weighted by atomic mass is 19.4. The quantitative estimate of drug-likeness (QED) is 0.478. The van der Waals surface area contributed by atoms with Gasteiger partial charge in [0, 0.05) is 50.0 Å². The molecule has 1 aliphatic heterocycles. The van der Waals surface area contributed by atoms with Gasteiger partial charge in [-0.05, 0) is 55.8 Å². The summed E-state index contributed by atoms with van der Waals surface area (Å²) < 4.78 is 41.6. The van der Waals surface area contributed by atoms with Crippen LogP contribution in [0.5, 0.6) is 0 Å². The summed E-state index contributed by atoms with van der Waals surface area (Å²) in [6, 6.07) is 7.94. The average Bonchev–Trinajstić information content (AvgIpc) is 2.83. The summed E-state index contributed by atoms with van der Waals surface area (Å²) in [5.74, 6) is 0.121. The molecule has 1 fully saturated rings. The van der Waals surface area contributed by atoms with E-state index in [0.29, 0.717) is 44.0 Å². The Morgan fingerprint density at radius 2 is 1.83 bits per heavy atom. The van der Waals surface area contributed by atoms with Crippen LogP contribution in [0, 0.1) is 6.92 Å². The minimum atomic E-state index is -4.63. The first-order valence-electron chi connectivity index (χ1n) is 11.7. The number of amides is 1. The molecule has 0 aliphatic carbocycles. The maximum Gasteiger partial charge on any atom is 0.416 e. The molecule has 2 heterocycles. The van der Waals surface area contributed by atoms with Gasteiger partial charge in [-0.15, -0.1) is 0 Å². The van der Waals surface area contributed by atoms with Crippen LogP contribution in [0.15, 0.2) is 41.2 Å². The molecule has 3 aromatic rings. The van der Waals surface area contributed by atoms with E-state index in [2.05, 4.69) is 20.2 Å². The summed E-state index contributed by atoms with van der Waals surface area (Å²) in [7, 11) is 0. The number of hydrogen-bond acceptors (Lipinski definition) is 6. The van der Waals surface area contributed by atoms with Crippen LogP contribution in [-0.2, 0) is 6.18 Å². The molecule has 3 N–H and O–H groups in total. The second-order valence-corrected chi connectivity index (χ2v) is 8.91. The van der Waals surface area contributed by atoms with E-state index in [4.69, 9.17) is 5.11 Å². The van der Waals surface area contributed by atoms with Crippen LogP contribution in [0.25, 0.3) is 10.9 Å². The molecule has 192 valence electrons. The number of aryl methyl sites for hydroxylation is 1. The van der Waals surface area contributed by atoms with Crippen molar-refractivity contribution in [2.45, 2.75) is 26.1 Å². The van der Waals surface area contributed by atoms with Gasteiger partial charge in [0.2, 0.25) is 0 Å². The van der Waals surface area contributed by atoms with E-state index in [1.807, 2.05) is 0 Å². The van der Waals surface area contributed by atoms with Crippen molar-refractivity contribution < 1.29 is 23.1 Å². The lowest BCUT2D eigenvalue weighted by atomic mass is 9.98. The molecule has 36 heavy (non-hydrogen) atoms. The van der Waals surface area contributed by atoms with Gasteiger partial charge in [-0.1, -0.05) is 0 Å². The van der Waals surface area contributed by atoms with Gasteiger partial charge < -0.3 is 20.3 Å². The molecule has 2 aromatic carbocycles. The maximum absolute atomic E-state index is 13.9. The number of aromatic nitrogens is 2. The van der Waals surface area contributed by atoms with Crippen molar-refractivity contribution in [1.29, 1.82) is 0 Å². The number of aromatic amines is 1. The Hall–Kier alpha value is -3.44. The molecular weight excluding hydrogens is 475 g/mol. The van der Waals surface area contributed by atoms with Crippen LogP contribution in [0.3, 0.4) is 0 Å². The highest BCUT2D eigenvalue weighted by Crippen LogP contribution is 2.37. The number of anilines is 1. The zero-order valence-corrected chi connectivity index (χ0v) is 20.0. The first-order chi connectivity index (χ1) is 17.1. The third-order valence-corrected chi connectivity index (χ3v) is 6.36.